The fourth-order valence-electron chi connectivity index (χ4n) is 3.72. The van der Waals surface area contributed by atoms with Crippen molar-refractivity contribution >= 4 is 23.4 Å². The number of rotatable bonds is 5. The van der Waals surface area contributed by atoms with Crippen LogP contribution >= 0.6 is 0 Å². The van der Waals surface area contributed by atoms with Gasteiger partial charge in [-0.3, -0.25) is 4.79 Å². The molecule has 2 fully saturated rings. The van der Waals surface area contributed by atoms with Crippen LogP contribution in [-0.2, 0) is 23.9 Å². The lowest BCUT2D eigenvalue weighted by Crippen LogP contribution is -2.36. The standard InChI is InChI=1S/C21H22F3N5O/c22-21(23,24)17-10-25-20(28-18(17)26-15-5-6-15)27-16-4-3-12-7-8-29(11-14(12)9-16)19(30)13-1-2-13/h3-4,9-10,13,15H,1-2,5-8,11H2,(H2,25,26,27,28). The lowest BCUT2D eigenvalue weighted by molar-refractivity contribution is -0.137. The van der Waals surface area contributed by atoms with Crippen LogP contribution in [0, 0.1) is 5.92 Å². The van der Waals surface area contributed by atoms with Crippen molar-refractivity contribution in [1.29, 1.82) is 0 Å². The monoisotopic (exact) mass is 417 g/mol. The van der Waals surface area contributed by atoms with E-state index in [0.29, 0.717) is 12.2 Å². The van der Waals surface area contributed by atoms with E-state index in [1.807, 2.05) is 23.1 Å². The van der Waals surface area contributed by atoms with Crippen LogP contribution in [0.25, 0.3) is 0 Å². The third-order valence-corrected chi connectivity index (χ3v) is 5.73. The summed E-state index contributed by atoms with van der Waals surface area (Å²) in [6.07, 6.45) is 0.738. The number of fused-ring (bicyclic) bond motifs is 1. The lowest BCUT2D eigenvalue weighted by atomic mass is 9.98. The highest BCUT2D eigenvalue weighted by Crippen LogP contribution is 2.37. The van der Waals surface area contributed by atoms with Crippen LogP contribution in [0.1, 0.15) is 42.4 Å². The van der Waals surface area contributed by atoms with E-state index in [1.165, 1.54) is 5.56 Å². The average molecular weight is 417 g/mol. The van der Waals surface area contributed by atoms with Crippen molar-refractivity contribution in [3.8, 4) is 0 Å². The smallest absolute Gasteiger partial charge is 0.367 e. The number of nitrogens with zero attached hydrogens (tertiary/aromatic N) is 3. The second kappa shape index (κ2) is 7.14. The molecule has 0 spiro atoms. The fourth-order valence-corrected chi connectivity index (χ4v) is 3.72. The summed E-state index contributed by atoms with van der Waals surface area (Å²) in [6.45, 7) is 1.29. The summed E-state index contributed by atoms with van der Waals surface area (Å²) in [6, 6.07) is 5.82. The van der Waals surface area contributed by atoms with E-state index in [9.17, 15) is 18.0 Å². The van der Waals surface area contributed by atoms with Crippen molar-refractivity contribution in [2.75, 3.05) is 17.2 Å². The Balaban J connectivity index is 1.35. The third-order valence-electron chi connectivity index (χ3n) is 5.73. The zero-order chi connectivity index (χ0) is 20.9. The highest BCUT2D eigenvalue weighted by Gasteiger charge is 2.37. The van der Waals surface area contributed by atoms with E-state index in [0.717, 1.165) is 50.4 Å². The quantitative estimate of drug-likeness (QED) is 0.766. The van der Waals surface area contributed by atoms with Gasteiger partial charge in [0.15, 0.2) is 0 Å². The van der Waals surface area contributed by atoms with Crippen molar-refractivity contribution in [1.82, 2.24) is 14.9 Å². The van der Waals surface area contributed by atoms with Gasteiger partial charge in [0.2, 0.25) is 11.9 Å². The summed E-state index contributed by atoms with van der Waals surface area (Å²) in [4.78, 5) is 22.2. The van der Waals surface area contributed by atoms with Crippen LogP contribution in [-0.4, -0.2) is 33.4 Å². The molecule has 9 heteroatoms. The molecule has 1 aliphatic heterocycles. The SMILES string of the molecule is O=C(C1CC1)N1CCc2ccc(Nc3ncc(C(F)(F)F)c(NC4CC4)n3)cc2C1. The molecule has 2 saturated carbocycles. The lowest BCUT2D eigenvalue weighted by Gasteiger charge is -2.29. The first kappa shape index (κ1) is 19.1. The fraction of sp³-hybridized carbons (Fsp3) is 0.476. The zero-order valence-corrected chi connectivity index (χ0v) is 16.3. The topological polar surface area (TPSA) is 70.2 Å². The van der Waals surface area contributed by atoms with Crippen LogP contribution in [0.2, 0.25) is 0 Å². The van der Waals surface area contributed by atoms with E-state index in [2.05, 4.69) is 20.6 Å². The Hall–Kier alpha value is -2.84. The number of benzene rings is 1. The minimum absolute atomic E-state index is 0.0348. The van der Waals surface area contributed by atoms with Crippen LogP contribution in [0.5, 0.6) is 0 Å². The van der Waals surface area contributed by atoms with Crippen LogP contribution in [0.4, 0.5) is 30.6 Å². The number of amides is 1. The Bertz CT molecular complexity index is 985. The van der Waals surface area contributed by atoms with Gasteiger partial charge in [-0.2, -0.15) is 18.2 Å². The van der Waals surface area contributed by atoms with Gasteiger partial charge in [-0.1, -0.05) is 6.07 Å². The van der Waals surface area contributed by atoms with E-state index in [-0.39, 0.29) is 29.6 Å². The van der Waals surface area contributed by atoms with Crippen molar-refractivity contribution in [2.24, 2.45) is 5.92 Å². The number of halogens is 3. The number of anilines is 3. The van der Waals surface area contributed by atoms with Gasteiger partial charge in [0.1, 0.15) is 11.4 Å². The van der Waals surface area contributed by atoms with E-state index >= 15 is 0 Å². The number of aromatic nitrogens is 2. The minimum atomic E-state index is -4.51. The molecule has 0 bridgehead atoms. The summed E-state index contributed by atoms with van der Waals surface area (Å²) >= 11 is 0. The highest BCUT2D eigenvalue weighted by molar-refractivity contribution is 5.81. The number of hydrogen-bond acceptors (Lipinski definition) is 5. The number of carbonyl (C=O) groups excluding carboxylic acids is 1. The highest BCUT2D eigenvalue weighted by atomic mass is 19.4. The molecule has 0 atom stereocenters. The van der Waals surface area contributed by atoms with Gasteiger partial charge in [-0.25, -0.2) is 4.98 Å². The molecule has 2 aliphatic carbocycles. The first-order chi connectivity index (χ1) is 14.4. The van der Waals surface area contributed by atoms with Crippen molar-refractivity contribution in [3.05, 3.63) is 41.1 Å². The average Bonchev–Trinajstić information content (AvgIpc) is 3.60. The second-order valence-electron chi connectivity index (χ2n) is 8.26. The van der Waals surface area contributed by atoms with Gasteiger partial charge < -0.3 is 15.5 Å². The van der Waals surface area contributed by atoms with Crippen molar-refractivity contribution in [2.45, 2.75) is 50.9 Å². The van der Waals surface area contributed by atoms with Crippen molar-refractivity contribution < 1.29 is 18.0 Å². The maximum absolute atomic E-state index is 13.3. The molecule has 0 saturated heterocycles. The Morgan fingerprint density at radius 1 is 1.13 bits per heavy atom. The Morgan fingerprint density at radius 3 is 2.63 bits per heavy atom. The number of hydrogen-bond donors (Lipinski definition) is 2. The van der Waals surface area contributed by atoms with Crippen molar-refractivity contribution in [3.63, 3.8) is 0 Å². The number of nitrogens with one attached hydrogen (secondary N) is 2. The summed E-state index contributed by atoms with van der Waals surface area (Å²) in [7, 11) is 0. The molecule has 3 aliphatic rings. The van der Waals surface area contributed by atoms with Gasteiger partial charge in [-0.05, 0) is 55.4 Å². The third kappa shape index (κ3) is 4.06. The maximum atomic E-state index is 13.3. The van der Waals surface area contributed by atoms with Gasteiger partial charge in [0, 0.05) is 36.9 Å². The maximum Gasteiger partial charge on any atom is 0.421 e. The summed E-state index contributed by atoms with van der Waals surface area (Å²) in [5, 5.41) is 5.86. The van der Waals surface area contributed by atoms with E-state index in [1.54, 1.807) is 0 Å². The second-order valence-corrected chi connectivity index (χ2v) is 8.26. The summed E-state index contributed by atoms with van der Waals surface area (Å²) in [5.41, 5.74) is 2.06. The predicted octanol–water partition coefficient (Wildman–Crippen LogP) is 4.11. The molecule has 2 N–H and O–H groups in total. The number of carbonyl (C=O) groups is 1. The van der Waals surface area contributed by atoms with Gasteiger partial charge in [-0.15, -0.1) is 0 Å². The predicted molar refractivity (Wildman–Crippen MR) is 105 cm³/mol. The molecule has 0 unspecified atom stereocenters. The largest absolute Gasteiger partial charge is 0.421 e. The van der Waals surface area contributed by atoms with Crippen LogP contribution in [0.15, 0.2) is 24.4 Å². The molecular weight excluding hydrogens is 395 g/mol. The molecule has 2 aromatic rings. The normalized spacial score (nSPS) is 18.7. The Morgan fingerprint density at radius 2 is 1.93 bits per heavy atom. The van der Waals surface area contributed by atoms with Gasteiger partial charge in [0.25, 0.3) is 0 Å². The zero-order valence-electron chi connectivity index (χ0n) is 16.3. The molecule has 158 valence electrons. The molecule has 30 heavy (non-hydrogen) atoms. The minimum Gasteiger partial charge on any atom is -0.367 e. The first-order valence-electron chi connectivity index (χ1n) is 10.3. The molecule has 1 amide bonds. The molecular formula is C21H22F3N5O. The first-order valence-corrected chi connectivity index (χ1v) is 10.3. The van der Waals surface area contributed by atoms with E-state index < -0.39 is 11.7 Å². The Labute approximate surface area is 171 Å². The summed E-state index contributed by atoms with van der Waals surface area (Å²) in [5.74, 6) is 0.321. The van der Waals surface area contributed by atoms with Gasteiger partial charge >= 0.3 is 6.18 Å². The van der Waals surface area contributed by atoms with E-state index in [4.69, 9.17) is 0 Å². The molecule has 5 rings (SSSR count). The molecule has 1 aromatic carbocycles. The molecule has 1 aromatic heterocycles. The summed E-state index contributed by atoms with van der Waals surface area (Å²) < 4.78 is 39.8. The van der Waals surface area contributed by atoms with Crippen LogP contribution < -0.4 is 10.6 Å². The molecule has 6 nitrogen and oxygen atoms in total. The number of alkyl halides is 3. The van der Waals surface area contributed by atoms with Gasteiger partial charge in [0.05, 0.1) is 0 Å². The molecule has 2 heterocycles. The molecule has 0 radical (unpaired) electrons. The Kier molecular flexibility index (Phi) is 4.56. The van der Waals surface area contributed by atoms with Crippen LogP contribution in [0.3, 0.4) is 0 Å².